The first kappa shape index (κ1) is 23.4. The Balaban J connectivity index is 1.67. The van der Waals surface area contributed by atoms with Gasteiger partial charge in [0.1, 0.15) is 11.9 Å². The summed E-state index contributed by atoms with van der Waals surface area (Å²) in [5.41, 5.74) is 14.1. The van der Waals surface area contributed by atoms with Crippen LogP contribution in [0.3, 0.4) is 0 Å². The topological polar surface area (TPSA) is 194 Å². The molecule has 172 valence electrons. The Kier molecular flexibility index (Phi) is 7.01. The fraction of sp³-hybridized carbons (Fsp3) is 0.273. The minimum Gasteiger partial charge on any atom is -0.481 e. The predicted octanol–water partition coefficient (Wildman–Crippen LogP) is 1.58. The van der Waals surface area contributed by atoms with Crippen molar-refractivity contribution in [1.82, 2.24) is 20.3 Å². The molecule has 7 N–H and O–H groups in total. The van der Waals surface area contributed by atoms with Crippen LogP contribution in [-0.4, -0.2) is 49.1 Å². The number of hydrogen-bond acceptors (Lipinski definition) is 8. The van der Waals surface area contributed by atoms with Gasteiger partial charge in [-0.1, -0.05) is 19.1 Å². The van der Waals surface area contributed by atoms with Gasteiger partial charge in [0.25, 0.3) is 5.91 Å². The average molecular weight is 452 g/mol. The number of fused-ring (bicyclic) bond motifs is 1. The van der Waals surface area contributed by atoms with E-state index in [1.807, 2.05) is 13.0 Å². The molecule has 0 bridgehead atoms. The number of aromatic nitrogens is 3. The SMILES string of the molecule is CC(Cc1cnc2nc(N)nc(N)c2c1)c1ccc(C(=O)N[C@@H](CCC(=O)O)C(=O)O)cc1. The third-order valence-electron chi connectivity index (χ3n) is 5.19. The van der Waals surface area contributed by atoms with Gasteiger partial charge in [-0.3, -0.25) is 9.59 Å². The highest BCUT2D eigenvalue weighted by Crippen LogP contribution is 2.24. The van der Waals surface area contributed by atoms with Gasteiger partial charge in [-0.15, -0.1) is 0 Å². The fourth-order valence-electron chi connectivity index (χ4n) is 3.41. The first-order chi connectivity index (χ1) is 15.6. The van der Waals surface area contributed by atoms with Crippen molar-refractivity contribution in [2.24, 2.45) is 0 Å². The molecule has 2 aromatic heterocycles. The summed E-state index contributed by atoms with van der Waals surface area (Å²) < 4.78 is 0. The van der Waals surface area contributed by atoms with Crippen LogP contribution in [0, 0.1) is 0 Å². The minimum absolute atomic E-state index is 0.0642. The van der Waals surface area contributed by atoms with Crippen molar-refractivity contribution in [1.29, 1.82) is 0 Å². The number of carboxylic acid groups (broad SMARTS) is 2. The molecule has 3 rings (SSSR count). The number of anilines is 2. The van der Waals surface area contributed by atoms with Crippen molar-refractivity contribution in [2.45, 2.75) is 38.1 Å². The maximum absolute atomic E-state index is 12.4. The summed E-state index contributed by atoms with van der Waals surface area (Å²) >= 11 is 0. The van der Waals surface area contributed by atoms with Crippen LogP contribution in [0.2, 0.25) is 0 Å². The Labute approximate surface area is 188 Å². The Bertz CT molecular complexity index is 1200. The van der Waals surface area contributed by atoms with Crippen LogP contribution in [0.25, 0.3) is 11.0 Å². The van der Waals surface area contributed by atoms with Crippen LogP contribution < -0.4 is 16.8 Å². The van der Waals surface area contributed by atoms with E-state index in [-0.39, 0.29) is 36.1 Å². The zero-order valence-corrected chi connectivity index (χ0v) is 17.9. The minimum atomic E-state index is -1.28. The molecule has 0 spiro atoms. The Morgan fingerprint density at radius 2 is 1.79 bits per heavy atom. The van der Waals surface area contributed by atoms with Gasteiger partial charge in [0, 0.05) is 18.2 Å². The first-order valence-electron chi connectivity index (χ1n) is 10.2. The number of pyridine rings is 1. The van der Waals surface area contributed by atoms with E-state index in [1.165, 1.54) is 0 Å². The van der Waals surface area contributed by atoms with Crippen LogP contribution >= 0.6 is 0 Å². The van der Waals surface area contributed by atoms with Crippen molar-refractivity contribution in [3.8, 4) is 0 Å². The van der Waals surface area contributed by atoms with Crippen LogP contribution in [0.1, 0.15) is 47.2 Å². The predicted molar refractivity (Wildman–Crippen MR) is 120 cm³/mol. The highest BCUT2D eigenvalue weighted by molar-refractivity contribution is 5.96. The van der Waals surface area contributed by atoms with Gasteiger partial charge in [-0.2, -0.15) is 9.97 Å². The summed E-state index contributed by atoms with van der Waals surface area (Å²) in [5.74, 6) is -2.59. The maximum Gasteiger partial charge on any atom is 0.326 e. The van der Waals surface area contributed by atoms with E-state index in [0.717, 1.165) is 11.1 Å². The van der Waals surface area contributed by atoms with Crippen molar-refractivity contribution < 1.29 is 24.6 Å². The highest BCUT2D eigenvalue weighted by atomic mass is 16.4. The molecule has 11 heteroatoms. The number of rotatable bonds is 9. The number of amides is 1. The molecule has 1 unspecified atom stereocenters. The number of benzene rings is 1. The average Bonchev–Trinajstić information content (AvgIpc) is 2.76. The smallest absolute Gasteiger partial charge is 0.326 e. The Hall–Kier alpha value is -4.28. The summed E-state index contributed by atoms with van der Waals surface area (Å²) in [6.07, 6.45) is 1.79. The lowest BCUT2D eigenvalue weighted by atomic mass is 9.93. The number of nitrogen functional groups attached to an aromatic ring is 2. The van der Waals surface area contributed by atoms with E-state index in [2.05, 4.69) is 20.3 Å². The monoisotopic (exact) mass is 452 g/mol. The molecule has 33 heavy (non-hydrogen) atoms. The van der Waals surface area contributed by atoms with Gasteiger partial charge in [0.2, 0.25) is 5.95 Å². The second kappa shape index (κ2) is 9.90. The molecule has 0 saturated carbocycles. The molecule has 1 aromatic carbocycles. The number of carbonyl (C=O) groups is 3. The molecule has 1 amide bonds. The Morgan fingerprint density at radius 1 is 1.09 bits per heavy atom. The van der Waals surface area contributed by atoms with Gasteiger partial charge in [-0.05, 0) is 48.1 Å². The third-order valence-corrected chi connectivity index (χ3v) is 5.19. The molecule has 2 atom stereocenters. The number of nitrogens with one attached hydrogen (secondary N) is 1. The number of carboxylic acids is 2. The summed E-state index contributed by atoms with van der Waals surface area (Å²) in [6, 6.07) is 7.38. The normalized spacial score (nSPS) is 12.8. The summed E-state index contributed by atoms with van der Waals surface area (Å²) in [4.78, 5) is 46.7. The molecule has 11 nitrogen and oxygen atoms in total. The second-order valence-corrected chi connectivity index (χ2v) is 7.71. The fourth-order valence-corrected chi connectivity index (χ4v) is 3.41. The molecule has 0 aliphatic rings. The number of carbonyl (C=O) groups excluding carboxylic acids is 1. The molecule has 0 aliphatic carbocycles. The van der Waals surface area contributed by atoms with E-state index in [4.69, 9.17) is 16.6 Å². The summed E-state index contributed by atoms with van der Waals surface area (Å²) in [6.45, 7) is 2.02. The summed E-state index contributed by atoms with van der Waals surface area (Å²) in [7, 11) is 0. The quantitative estimate of drug-likeness (QED) is 0.318. The lowest BCUT2D eigenvalue weighted by Gasteiger charge is -2.15. The number of nitrogens with zero attached hydrogens (tertiary/aromatic N) is 3. The standard InChI is InChI=1S/C22H24N6O5/c1-11(8-12-9-15-18(23)27-22(24)28-19(15)25-10-12)13-2-4-14(5-3-13)20(31)26-16(21(32)33)6-7-17(29)30/h2-5,9-11,16H,6-8H2,1H3,(H,26,31)(H,29,30)(H,32,33)(H4,23,24,25,27,28)/t11?,16-/m0/s1. The lowest BCUT2D eigenvalue weighted by molar-refractivity contribution is -0.140. The van der Waals surface area contributed by atoms with Crippen molar-refractivity contribution in [3.05, 3.63) is 53.2 Å². The number of hydrogen-bond donors (Lipinski definition) is 5. The molecule has 3 aromatic rings. The molecule has 0 aliphatic heterocycles. The van der Waals surface area contributed by atoms with Crippen LogP contribution in [0.5, 0.6) is 0 Å². The van der Waals surface area contributed by atoms with Gasteiger partial charge in [0.05, 0.1) is 5.39 Å². The van der Waals surface area contributed by atoms with Crippen LogP contribution in [-0.2, 0) is 16.0 Å². The molecular formula is C22H24N6O5. The van der Waals surface area contributed by atoms with Crippen molar-refractivity contribution >= 4 is 40.6 Å². The van der Waals surface area contributed by atoms with Gasteiger partial charge >= 0.3 is 11.9 Å². The van der Waals surface area contributed by atoms with Gasteiger partial charge in [-0.25, -0.2) is 9.78 Å². The van der Waals surface area contributed by atoms with Crippen LogP contribution in [0.4, 0.5) is 11.8 Å². The van der Waals surface area contributed by atoms with E-state index < -0.39 is 23.9 Å². The number of aliphatic carboxylic acids is 2. The van der Waals surface area contributed by atoms with Crippen molar-refractivity contribution in [3.63, 3.8) is 0 Å². The molecule has 0 radical (unpaired) electrons. The zero-order valence-electron chi connectivity index (χ0n) is 17.9. The molecule has 0 saturated heterocycles. The van der Waals surface area contributed by atoms with E-state index in [9.17, 15) is 19.5 Å². The van der Waals surface area contributed by atoms with E-state index in [0.29, 0.717) is 17.5 Å². The first-order valence-corrected chi connectivity index (χ1v) is 10.2. The largest absolute Gasteiger partial charge is 0.481 e. The maximum atomic E-state index is 12.4. The van der Waals surface area contributed by atoms with Crippen LogP contribution in [0.15, 0.2) is 36.5 Å². The second-order valence-electron chi connectivity index (χ2n) is 7.71. The van der Waals surface area contributed by atoms with Gasteiger partial charge in [0.15, 0.2) is 5.65 Å². The molecular weight excluding hydrogens is 428 g/mol. The summed E-state index contributed by atoms with van der Waals surface area (Å²) in [5, 5.41) is 20.9. The molecule has 0 fully saturated rings. The van der Waals surface area contributed by atoms with Crippen molar-refractivity contribution in [2.75, 3.05) is 11.5 Å². The Morgan fingerprint density at radius 3 is 2.42 bits per heavy atom. The number of nitrogens with two attached hydrogens (primary N) is 2. The zero-order chi connectivity index (χ0) is 24.1. The molecule has 2 heterocycles. The third kappa shape index (κ3) is 5.91. The van der Waals surface area contributed by atoms with E-state index in [1.54, 1.807) is 30.5 Å². The van der Waals surface area contributed by atoms with Gasteiger partial charge < -0.3 is 27.0 Å². The van der Waals surface area contributed by atoms with E-state index >= 15 is 0 Å². The lowest BCUT2D eigenvalue weighted by Crippen LogP contribution is -2.41. The highest BCUT2D eigenvalue weighted by Gasteiger charge is 2.21.